The molecule has 2 N–H and O–H groups in total. The van der Waals surface area contributed by atoms with Gasteiger partial charge in [-0.3, -0.25) is 19.2 Å². The number of likely N-dealkylation sites (tertiary alicyclic amines) is 1. The highest BCUT2D eigenvalue weighted by atomic mass is 79.9. The number of hydrogen-bond acceptors (Lipinski definition) is 7. The number of fused-ring (bicyclic) bond motifs is 2. The number of carbonyl (C=O) groups excluding carboxylic acids is 4. The van der Waals surface area contributed by atoms with E-state index in [9.17, 15) is 24.3 Å². The number of ether oxygens (including phenoxy) is 2. The molecule has 2 aromatic carbocycles. The van der Waals surface area contributed by atoms with Crippen molar-refractivity contribution in [2.75, 3.05) is 31.2 Å². The van der Waals surface area contributed by atoms with Crippen molar-refractivity contribution in [2.45, 2.75) is 56.4 Å². The van der Waals surface area contributed by atoms with Gasteiger partial charge in [-0.25, -0.2) is 0 Å². The summed E-state index contributed by atoms with van der Waals surface area (Å²) >= 11 is 10.3. The van der Waals surface area contributed by atoms with Crippen LogP contribution < -0.4 is 10.2 Å². The molecule has 3 amide bonds. The number of carbonyl (C=O) groups is 4. The van der Waals surface area contributed by atoms with Crippen LogP contribution in [0.3, 0.4) is 0 Å². The standard InChI is InChI=1S/C35H37BrClN3O7/c1-21-11-10-14-24(37)29(21)39-16-7-3-6-15-26(42)46-20-25(22-12-4-2-5-13-22)38-32(43)27-28-33(44)40(17-8-9-18-41)31(34(39)45)35(28)19-23(36)30(27)47-35/h2-5,7,10-14,19,25,27-28,30-31,41H,6,8-9,15-18,20H2,1H3,(H,38,43)/b7-3-/t25-,27-,28+,30-,31-,35+/m0/s1. The Hall–Kier alpha value is -3.51. The van der Waals surface area contributed by atoms with Crippen molar-refractivity contribution < 1.29 is 33.8 Å². The number of cyclic esters (lactones) is 1. The Bertz CT molecular complexity index is 1600. The second kappa shape index (κ2) is 13.9. The number of aliphatic hydroxyl groups excluding tert-OH is 1. The number of benzene rings is 2. The molecule has 0 radical (unpaired) electrons. The third-order valence-corrected chi connectivity index (χ3v) is 10.4. The summed E-state index contributed by atoms with van der Waals surface area (Å²) in [7, 11) is 0. The Labute approximate surface area is 286 Å². The highest BCUT2D eigenvalue weighted by Gasteiger charge is 2.74. The minimum atomic E-state index is -1.43. The van der Waals surface area contributed by atoms with Crippen LogP contribution in [0.5, 0.6) is 0 Å². The normalized spacial score (nSPS) is 30.2. The number of nitrogens with zero attached hydrogens (tertiary/aromatic N) is 2. The molecule has 4 heterocycles. The summed E-state index contributed by atoms with van der Waals surface area (Å²) in [6.07, 6.45) is 5.95. The fourth-order valence-electron chi connectivity index (χ4n) is 7.26. The van der Waals surface area contributed by atoms with Crippen molar-refractivity contribution >= 4 is 56.9 Å². The van der Waals surface area contributed by atoms with Gasteiger partial charge in [0.25, 0.3) is 5.91 Å². The molecule has 0 aliphatic carbocycles. The van der Waals surface area contributed by atoms with E-state index >= 15 is 0 Å². The van der Waals surface area contributed by atoms with E-state index in [1.54, 1.807) is 29.2 Å². The average molecular weight is 727 g/mol. The van der Waals surface area contributed by atoms with Gasteiger partial charge in [0.15, 0.2) is 0 Å². The van der Waals surface area contributed by atoms with Crippen molar-refractivity contribution in [3.05, 3.63) is 87.4 Å². The lowest BCUT2D eigenvalue weighted by atomic mass is 9.74. The quantitative estimate of drug-likeness (QED) is 0.257. The number of aliphatic hydroxyl groups is 1. The van der Waals surface area contributed by atoms with Crippen molar-refractivity contribution in [1.82, 2.24) is 10.2 Å². The third-order valence-electron chi connectivity index (χ3n) is 9.39. The van der Waals surface area contributed by atoms with Crippen LogP contribution in [0.4, 0.5) is 5.69 Å². The maximum Gasteiger partial charge on any atom is 0.306 e. The summed E-state index contributed by atoms with van der Waals surface area (Å²) in [5.74, 6) is -3.60. The SMILES string of the molecule is Cc1cccc(Cl)c1N1C/C=C\CCC(=O)OC[C@@H](c2ccccc2)NC(=O)[C@@H]2[C@H]3O[C@@]4(C=C3Br)[C@H](C1=O)N(CCCCO)C(=O)[C@@H]24. The van der Waals surface area contributed by atoms with Crippen LogP contribution in [0.25, 0.3) is 0 Å². The van der Waals surface area contributed by atoms with Gasteiger partial charge in [-0.15, -0.1) is 0 Å². The molecule has 4 aliphatic rings. The lowest BCUT2D eigenvalue weighted by Crippen LogP contribution is -2.56. The second-order valence-corrected chi connectivity index (χ2v) is 13.6. The van der Waals surface area contributed by atoms with Gasteiger partial charge >= 0.3 is 5.97 Å². The molecular formula is C35H37BrClN3O7. The van der Waals surface area contributed by atoms with Crippen molar-refractivity contribution in [1.29, 1.82) is 0 Å². The van der Waals surface area contributed by atoms with Gasteiger partial charge in [-0.1, -0.05) is 82.1 Å². The van der Waals surface area contributed by atoms with Gasteiger partial charge < -0.3 is 29.7 Å². The predicted octanol–water partition coefficient (Wildman–Crippen LogP) is 4.38. The van der Waals surface area contributed by atoms with Crippen LogP contribution in [0, 0.1) is 18.8 Å². The van der Waals surface area contributed by atoms with E-state index < -0.39 is 53.4 Å². The van der Waals surface area contributed by atoms with Crippen LogP contribution >= 0.6 is 27.5 Å². The van der Waals surface area contributed by atoms with Gasteiger partial charge in [0.2, 0.25) is 11.8 Å². The van der Waals surface area contributed by atoms with E-state index in [-0.39, 0.29) is 38.6 Å². The third kappa shape index (κ3) is 6.14. The van der Waals surface area contributed by atoms with Gasteiger partial charge in [-0.05, 0) is 49.5 Å². The number of amides is 3. The summed E-state index contributed by atoms with van der Waals surface area (Å²) in [5.41, 5.74) is 0.566. The first-order valence-corrected chi connectivity index (χ1v) is 17.0. The zero-order chi connectivity index (χ0) is 33.3. The summed E-state index contributed by atoms with van der Waals surface area (Å²) < 4.78 is 12.8. The molecule has 1 spiro atoms. The fraction of sp³-hybridized carbons (Fsp3) is 0.429. The van der Waals surface area contributed by atoms with Crippen molar-refractivity contribution in [2.24, 2.45) is 11.8 Å². The van der Waals surface area contributed by atoms with Crippen LogP contribution in [0.15, 0.2) is 71.2 Å². The molecule has 10 nitrogen and oxygen atoms in total. The Kier molecular flexibility index (Phi) is 9.89. The van der Waals surface area contributed by atoms with Gasteiger partial charge in [0.1, 0.15) is 24.4 Å². The Morgan fingerprint density at radius 3 is 2.57 bits per heavy atom. The van der Waals surface area contributed by atoms with Crippen LogP contribution in [0.1, 0.15) is 42.9 Å². The van der Waals surface area contributed by atoms with E-state index in [1.807, 2.05) is 49.4 Å². The average Bonchev–Trinajstić information content (AvgIpc) is 3.64. The number of para-hydroxylation sites is 1. The highest BCUT2D eigenvalue weighted by molar-refractivity contribution is 9.11. The number of hydrogen-bond donors (Lipinski definition) is 2. The molecule has 6 atom stereocenters. The number of rotatable bonds is 6. The van der Waals surface area contributed by atoms with E-state index in [4.69, 9.17) is 21.1 Å². The smallest absolute Gasteiger partial charge is 0.306 e. The Morgan fingerprint density at radius 1 is 1.04 bits per heavy atom. The van der Waals surface area contributed by atoms with Crippen molar-refractivity contribution in [3.63, 3.8) is 0 Å². The molecule has 0 unspecified atom stereocenters. The molecule has 2 aromatic rings. The number of nitrogens with one attached hydrogen (secondary N) is 1. The van der Waals surface area contributed by atoms with E-state index in [0.717, 1.165) is 11.1 Å². The van der Waals surface area contributed by atoms with E-state index in [2.05, 4.69) is 21.2 Å². The molecule has 248 valence electrons. The van der Waals surface area contributed by atoms with Gasteiger partial charge in [0, 0.05) is 30.6 Å². The maximum absolute atomic E-state index is 15.0. The largest absolute Gasteiger partial charge is 0.463 e. The molecule has 0 saturated carbocycles. The van der Waals surface area contributed by atoms with Gasteiger partial charge in [0.05, 0.1) is 28.6 Å². The highest BCUT2D eigenvalue weighted by Crippen LogP contribution is 2.59. The summed E-state index contributed by atoms with van der Waals surface area (Å²) in [6.45, 7) is 2.00. The number of allylic oxidation sites excluding steroid dienone is 1. The topological polar surface area (TPSA) is 125 Å². The molecule has 2 fully saturated rings. The van der Waals surface area contributed by atoms with Crippen molar-refractivity contribution in [3.8, 4) is 0 Å². The molecular weight excluding hydrogens is 690 g/mol. The molecule has 5 bridgehead atoms. The van der Waals surface area contributed by atoms with E-state index in [0.29, 0.717) is 34.5 Å². The second-order valence-electron chi connectivity index (χ2n) is 12.3. The number of esters is 1. The summed E-state index contributed by atoms with van der Waals surface area (Å²) in [5, 5.41) is 12.9. The number of aryl methyl sites for hydroxylation is 1. The first kappa shape index (κ1) is 33.4. The Balaban J connectivity index is 1.47. The minimum Gasteiger partial charge on any atom is -0.463 e. The monoisotopic (exact) mass is 725 g/mol. The Morgan fingerprint density at radius 2 is 1.83 bits per heavy atom. The fourth-order valence-corrected chi connectivity index (χ4v) is 8.31. The molecule has 6 rings (SSSR count). The van der Waals surface area contributed by atoms with Gasteiger partial charge in [-0.2, -0.15) is 0 Å². The number of unbranched alkanes of at least 4 members (excludes halogenated alkanes) is 1. The molecule has 4 aliphatic heterocycles. The summed E-state index contributed by atoms with van der Waals surface area (Å²) in [4.78, 5) is 59.5. The van der Waals surface area contributed by atoms with Crippen LogP contribution in [-0.4, -0.2) is 77.7 Å². The molecule has 12 heteroatoms. The molecule has 2 saturated heterocycles. The molecule has 47 heavy (non-hydrogen) atoms. The van der Waals surface area contributed by atoms with Crippen LogP contribution in [0.2, 0.25) is 5.02 Å². The van der Waals surface area contributed by atoms with Crippen LogP contribution in [-0.2, 0) is 28.7 Å². The first-order valence-electron chi connectivity index (χ1n) is 15.9. The lowest BCUT2D eigenvalue weighted by molar-refractivity contribution is -0.145. The lowest BCUT2D eigenvalue weighted by Gasteiger charge is -2.36. The molecule has 0 aromatic heterocycles. The summed E-state index contributed by atoms with van der Waals surface area (Å²) in [6, 6.07) is 12.8. The number of halogens is 2. The predicted molar refractivity (Wildman–Crippen MR) is 179 cm³/mol. The van der Waals surface area contributed by atoms with E-state index in [1.165, 1.54) is 4.90 Å². The number of anilines is 1. The minimum absolute atomic E-state index is 0.0640. The maximum atomic E-state index is 15.0. The zero-order valence-corrected chi connectivity index (χ0v) is 28.3. The first-order chi connectivity index (χ1) is 22.7. The zero-order valence-electron chi connectivity index (χ0n) is 25.9.